The zero-order valence-electron chi connectivity index (χ0n) is 19.3. The van der Waals surface area contributed by atoms with E-state index in [0.717, 1.165) is 24.1 Å². The number of quaternary nitrogens is 1. The minimum Gasteiger partial charge on any atom is -0.456 e. The van der Waals surface area contributed by atoms with Crippen LogP contribution in [0.15, 0.2) is 84.9 Å². The first kappa shape index (κ1) is 23.6. The topological polar surface area (TPSA) is 69.4 Å². The highest BCUT2D eigenvalue weighted by molar-refractivity contribution is 5.91. The van der Waals surface area contributed by atoms with Crippen molar-refractivity contribution in [2.24, 2.45) is 11.7 Å². The summed E-state index contributed by atoms with van der Waals surface area (Å²) < 4.78 is 19.5. The van der Waals surface area contributed by atoms with E-state index in [1.54, 1.807) is 0 Å². The van der Waals surface area contributed by atoms with Crippen molar-refractivity contribution in [3.8, 4) is 0 Å². The van der Waals surface area contributed by atoms with Gasteiger partial charge in [-0.2, -0.15) is 0 Å². The molecule has 0 aromatic heterocycles. The SMILES string of the molecule is C[N+]1(CCOC(=O)c2cccc(F)c2)CCC(C(C(N)=O)(c2ccccc2)c2ccccc2)C1. The van der Waals surface area contributed by atoms with Crippen molar-refractivity contribution in [2.75, 3.05) is 33.3 Å². The lowest BCUT2D eigenvalue weighted by Crippen LogP contribution is -2.51. The Balaban J connectivity index is 1.54. The van der Waals surface area contributed by atoms with Gasteiger partial charge < -0.3 is 15.0 Å². The van der Waals surface area contributed by atoms with Crippen molar-refractivity contribution in [1.29, 1.82) is 0 Å². The summed E-state index contributed by atoms with van der Waals surface area (Å²) in [7, 11) is 2.11. The van der Waals surface area contributed by atoms with E-state index in [4.69, 9.17) is 10.5 Å². The molecule has 3 aromatic carbocycles. The van der Waals surface area contributed by atoms with E-state index in [2.05, 4.69) is 7.05 Å². The third kappa shape index (κ3) is 4.59. The summed E-state index contributed by atoms with van der Waals surface area (Å²) in [4.78, 5) is 25.5. The lowest BCUT2D eigenvalue weighted by Gasteiger charge is -2.38. The van der Waals surface area contributed by atoms with Gasteiger partial charge in [0.05, 0.1) is 25.7 Å². The van der Waals surface area contributed by atoms with E-state index in [-0.39, 0.29) is 24.0 Å². The molecular weight excluding hydrogens is 431 g/mol. The van der Waals surface area contributed by atoms with Gasteiger partial charge in [-0.25, -0.2) is 9.18 Å². The number of hydrogen-bond acceptors (Lipinski definition) is 3. The minimum absolute atomic E-state index is 0.0151. The normalized spacial score (nSPS) is 20.1. The Labute approximate surface area is 199 Å². The van der Waals surface area contributed by atoms with Crippen LogP contribution in [0.1, 0.15) is 27.9 Å². The van der Waals surface area contributed by atoms with Crippen LogP contribution < -0.4 is 5.73 Å². The quantitative estimate of drug-likeness (QED) is 0.408. The maximum absolute atomic E-state index is 13.4. The molecule has 2 N–H and O–H groups in total. The maximum Gasteiger partial charge on any atom is 0.338 e. The third-order valence-corrected chi connectivity index (χ3v) is 7.06. The second kappa shape index (κ2) is 9.77. The van der Waals surface area contributed by atoms with Crippen LogP contribution in [0.25, 0.3) is 0 Å². The monoisotopic (exact) mass is 461 g/mol. The van der Waals surface area contributed by atoms with Crippen molar-refractivity contribution < 1.29 is 23.2 Å². The summed E-state index contributed by atoms with van der Waals surface area (Å²) in [5, 5.41) is 0. The number of ether oxygens (including phenoxy) is 1. The summed E-state index contributed by atoms with van der Waals surface area (Å²) in [5.74, 6) is -1.39. The molecule has 2 unspecified atom stereocenters. The number of hydrogen-bond donors (Lipinski definition) is 1. The van der Waals surface area contributed by atoms with Crippen molar-refractivity contribution in [2.45, 2.75) is 11.8 Å². The van der Waals surface area contributed by atoms with Gasteiger partial charge in [-0.05, 0) is 29.3 Å². The van der Waals surface area contributed by atoms with Crippen LogP contribution in [0, 0.1) is 11.7 Å². The van der Waals surface area contributed by atoms with E-state index < -0.39 is 17.2 Å². The smallest absolute Gasteiger partial charge is 0.338 e. The molecule has 2 atom stereocenters. The molecule has 1 aliphatic rings. The first-order valence-corrected chi connectivity index (χ1v) is 11.5. The molecule has 4 rings (SSSR count). The molecule has 3 aromatic rings. The fourth-order valence-electron chi connectivity index (χ4n) is 5.32. The summed E-state index contributed by atoms with van der Waals surface area (Å²) in [6, 6.07) is 25.0. The molecule has 6 heteroatoms. The fourth-order valence-corrected chi connectivity index (χ4v) is 5.32. The summed E-state index contributed by atoms with van der Waals surface area (Å²) >= 11 is 0. The number of likely N-dealkylation sites (N-methyl/N-ethyl adjacent to an activating group) is 1. The summed E-state index contributed by atoms with van der Waals surface area (Å²) in [6.45, 7) is 2.34. The van der Waals surface area contributed by atoms with Gasteiger partial charge in [0.15, 0.2) is 0 Å². The average molecular weight is 462 g/mol. The number of halogens is 1. The van der Waals surface area contributed by atoms with Gasteiger partial charge in [-0.3, -0.25) is 4.79 Å². The first-order chi connectivity index (χ1) is 16.3. The Morgan fingerprint density at radius 1 is 1.00 bits per heavy atom. The van der Waals surface area contributed by atoms with Crippen LogP contribution >= 0.6 is 0 Å². The highest BCUT2D eigenvalue weighted by atomic mass is 19.1. The molecule has 1 fully saturated rings. The predicted octanol–water partition coefficient (Wildman–Crippen LogP) is 3.92. The number of nitrogens with zero attached hydrogens (tertiary/aromatic N) is 1. The average Bonchev–Trinajstić information content (AvgIpc) is 3.22. The van der Waals surface area contributed by atoms with E-state index in [1.165, 1.54) is 24.3 Å². The number of likely N-dealkylation sites (tertiary alicyclic amines) is 1. The lowest BCUT2D eigenvalue weighted by molar-refractivity contribution is -0.899. The largest absolute Gasteiger partial charge is 0.456 e. The van der Waals surface area contributed by atoms with Gasteiger partial charge >= 0.3 is 5.97 Å². The fraction of sp³-hybridized carbons (Fsp3) is 0.286. The van der Waals surface area contributed by atoms with Crippen molar-refractivity contribution in [3.63, 3.8) is 0 Å². The van der Waals surface area contributed by atoms with Gasteiger partial charge in [-0.1, -0.05) is 66.7 Å². The van der Waals surface area contributed by atoms with Crippen LogP contribution in [0.4, 0.5) is 4.39 Å². The Morgan fingerprint density at radius 2 is 1.62 bits per heavy atom. The van der Waals surface area contributed by atoms with Gasteiger partial charge in [0.2, 0.25) is 5.91 Å². The second-order valence-corrected chi connectivity index (χ2v) is 9.29. The maximum atomic E-state index is 13.4. The van der Waals surface area contributed by atoms with Gasteiger partial charge in [0.25, 0.3) is 0 Å². The first-order valence-electron chi connectivity index (χ1n) is 11.5. The zero-order valence-corrected chi connectivity index (χ0v) is 19.3. The standard InChI is InChI=1S/C28H29FN2O3/c1-31(17-18-34-26(32)21-9-8-14-25(29)19-21)16-15-24(20-31)28(27(30)33,22-10-4-2-5-11-22)23-12-6-3-7-13-23/h2-14,19,24H,15-18,20H2,1H3,(H-,30,33)/p+1. The lowest BCUT2D eigenvalue weighted by atomic mass is 9.64. The summed E-state index contributed by atoms with van der Waals surface area (Å²) in [6.07, 6.45) is 0.807. The number of amides is 1. The summed E-state index contributed by atoms with van der Waals surface area (Å²) in [5.41, 5.74) is 7.21. The van der Waals surface area contributed by atoms with Crippen LogP contribution in [-0.2, 0) is 14.9 Å². The van der Waals surface area contributed by atoms with E-state index in [0.29, 0.717) is 17.6 Å². The Bertz CT molecular complexity index is 1110. The highest BCUT2D eigenvalue weighted by Gasteiger charge is 2.53. The molecule has 5 nitrogen and oxygen atoms in total. The highest BCUT2D eigenvalue weighted by Crippen LogP contribution is 2.44. The van der Waals surface area contributed by atoms with Crippen molar-refractivity contribution in [3.05, 3.63) is 107 Å². The molecular formula is C28H30FN2O3+. The van der Waals surface area contributed by atoms with Gasteiger partial charge in [-0.15, -0.1) is 0 Å². The third-order valence-electron chi connectivity index (χ3n) is 7.06. The molecule has 0 saturated carbocycles. The zero-order chi connectivity index (χ0) is 24.2. The van der Waals surface area contributed by atoms with Gasteiger partial charge in [0, 0.05) is 12.3 Å². The minimum atomic E-state index is -0.948. The molecule has 0 radical (unpaired) electrons. The van der Waals surface area contributed by atoms with Crippen molar-refractivity contribution >= 4 is 11.9 Å². The van der Waals surface area contributed by atoms with Crippen LogP contribution in [-0.4, -0.2) is 49.6 Å². The number of nitrogens with two attached hydrogens (primary N) is 1. The Morgan fingerprint density at radius 3 is 2.18 bits per heavy atom. The number of primary amides is 1. The molecule has 0 spiro atoms. The Kier molecular flexibility index (Phi) is 6.80. The van der Waals surface area contributed by atoms with E-state index >= 15 is 0 Å². The molecule has 0 bridgehead atoms. The second-order valence-electron chi connectivity index (χ2n) is 9.29. The molecule has 1 heterocycles. The van der Waals surface area contributed by atoms with Crippen molar-refractivity contribution in [1.82, 2.24) is 0 Å². The molecule has 1 aliphatic heterocycles. The number of esters is 1. The number of carbonyl (C=O) groups excluding carboxylic acids is 2. The van der Waals surface area contributed by atoms with Crippen LogP contribution in [0.2, 0.25) is 0 Å². The van der Waals surface area contributed by atoms with E-state index in [9.17, 15) is 14.0 Å². The molecule has 1 amide bonds. The van der Waals surface area contributed by atoms with Crippen LogP contribution in [0.5, 0.6) is 0 Å². The molecule has 34 heavy (non-hydrogen) atoms. The molecule has 0 aliphatic carbocycles. The van der Waals surface area contributed by atoms with E-state index in [1.807, 2.05) is 60.7 Å². The Hall–Kier alpha value is -3.51. The van der Waals surface area contributed by atoms with Crippen LogP contribution in [0.3, 0.4) is 0 Å². The number of carbonyl (C=O) groups is 2. The molecule has 1 saturated heterocycles. The predicted molar refractivity (Wildman–Crippen MR) is 128 cm³/mol. The number of benzene rings is 3. The number of rotatable bonds is 8. The molecule has 176 valence electrons. The van der Waals surface area contributed by atoms with Gasteiger partial charge in [0.1, 0.15) is 24.4 Å².